The van der Waals surface area contributed by atoms with E-state index in [-0.39, 0.29) is 17.5 Å². The predicted octanol–water partition coefficient (Wildman–Crippen LogP) is 2.52. The van der Waals surface area contributed by atoms with Crippen molar-refractivity contribution < 1.29 is 4.79 Å². The quantitative estimate of drug-likeness (QED) is 0.587. The second kappa shape index (κ2) is 5.42. The Bertz CT molecular complexity index is 1210. The molecule has 2 heterocycles. The van der Waals surface area contributed by atoms with Crippen LogP contribution in [-0.4, -0.2) is 20.3 Å². The summed E-state index contributed by atoms with van der Waals surface area (Å²) >= 11 is 0. The highest BCUT2D eigenvalue weighted by atomic mass is 16.1. The van der Waals surface area contributed by atoms with Crippen molar-refractivity contribution in [1.82, 2.24) is 19.7 Å². The summed E-state index contributed by atoms with van der Waals surface area (Å²) in [6.07, 6.45) is 3.33. The average Bonchev–Trinajstić information content (AvgIpc) is 3.27. The van der Waals surface area contributed by atoms with E-state index >= 15 is 0 Å². The van der Waals surface area contributed by atoms with E-state index in [0.29, 0.717) is 11.2 Å². The molecule has 0 saturated heterocycles. The third-order valence-electron chi connectivity index (χ3n) is 4.72. The summed E-state index contributed by atoms with van der Waals surface area (Å²) in [6.45, 7) is 0. The number of nitrogens with one attached hydrogen (secondary N) is 2. The molecule has 0 saturated carbocycles. The molecule has 0 aliphatic heterocycles. The minimum atomic E-state index is -0.373. The summed E-state index contributed by atoms with van der Waals surface area (Å²) in [5, 5.41) is 3.10. The second-order valence-electron chi connectivity index (χ2n) is 6.19. The lowest BCUT2D eigenvalue weighted by molar-refractivity contribution is 0.0943. The molecule has 1 aliphatic rings. The zero-order valence-corrected chi connectivity index (χ0v) is 13.6. The number of carbonyl (C=O) groups is 1. The third-order valence-corrected chi connectivity index (χ3v) is 4.72. The van der Waals surface area contributed by atoms with Gasteiger partial charge in [-0.25, -0.2) is 4.98 Å². The van der Waals surface area contributed by atoms with Gasteiger partial charge in [0.15, 0.2) is 0 Å². The van der Waals surface area contributed by atoms with Gasteiger partial charge < -0.3 is 10.3 Å². The van der Waals surface area contributed by atoms with Gasteiger partial charge in [-0.2, -0.15) is 0 Å². The van der Waals surface area contributed by atoms with Gasteiger partial charge in [-0.3, -0.25) is 14.0 Å². The Hall–Kier alpha value is -3.67. The maximum Gasteiger partial charge on any atom is 0.292 e. The molecule has 1 atom stereocenters. The zero-order valence-electron chi connectivity index (χ0n) is 13.6. The Morgan fingerprint density at radius 3 is 2.69 bits per heavy atom. The van der Waals surface area contributed by atoms with Gasteiger partial charge in [-0.05, 0) is 17.7 Å². The molecule has 126 valence electrons. The number of aromatic nitrogens is 3. The Labute approximate surface area is 148 Å². The van der Waals surface area contributed by atoms with Crippen LogP contribution in [0.3, 0.4) is 0 Å². The molecule has 2 aromatic carbocycles. The first-order valence-electron chi connectivity index (χ1n) is 8.28. The molecule has 2 aromatic heterocycles. The molecule has 0 bridgehead atoms. The largest absolute Gasteiger partial charge is 0.339 e. The molecule has 1 unspecified atom stereocenters. The molecule has 1 aliphatic carbocycles. The molecule has 1 amide bonds. The van der Waals surface area contributed by atoms with E-state index in [1.165, 1.54) is 0 Å². The SMILES string of the molecule is O=C(NC1c2ccccc2-c2[nH]c(=O)c3nccn3c21)c1ccccc1. The van der Waals surface area contributed by atoms with Crippen molar-refractivity contribution in [3.63, 3.8) is 0 Å². The summed E-state index contributed by atoms with van der Waals surface area (Å²) in [7, 11) is 0. The highest BCUT2D eigenvalue weighted by Crippen LogP contribution is 2.41. The smallest absolute Gasteiger partial charge is 0.292 e. The van der Waals surface area contributed by atoms with Gasteiger partial charge >= 0.3 is 0 Å². The van der Waals surface area contributed by atoms with Crippen molar-refractivity contribution in [2.75, 3.05) is 0 Å². The van der Waals surface area contributed by atoms with Crippen LogP contribution in [0.4, 0.5) is 0 Å². The zero-order chi connectivity index (χ0) is 17.7. The van der Waals surface area contributed by atoms with E-state index in [4.69, 9.17) is 0 Å². The van der Waals surface area contributed by atoms with Crippen molar-refractivity contribution in [2.24, 2.45) is 0 Å². The number of H-pyrrole nitrogens is 1. The summed E-state index contributed by atoms with van der Waals surface area (Å²) < 4.78 is 1.75. The van der Waals surface area contributed by atoms with E-state index in [1.54, 1.807) is 28.9 Å². The first kappa shape index (κ1) is 14.7. The first-order valence-corrected chi connectivity index (χ1v) is 8.28. The van der Waals surface area contributed by atoms with Crippen LogP contribution in [0.2, 0.25) is 0 Å². The fourth-order valence-corrected chi connectivity index (χ4v) is 3.58. The minimum absolute atomic E-state index is 0.169. The Kier molecular flexibility index (Phi) is 3.05. The molecule has 0 radical (unpaired) electrons. The molecular formula is C20H14N4O2. The summed E-state index contributed by atoms with van der Waals surface area (Å²) in [6, 6.07) is 16.5. The fourth-order valence-electron chi connectivity index (χ4n) is 3.58. The third kappa shape index (κ3) is 2.02. The van der Waals surface area contributed by atoms with Crippen LogP contribution in [-0.2, 0) is 0 Å². The van der Waals surface area contributed by atoms with Gasteiger partial charge in [0.2, 0.25) is 5.65 Å². The number of aromatic amines is 1. The van der Waals surface area contributed by atoms with Crippen molar-refractivity contribution in [3.8, 4) is 11.3 Å². The Morgan fingerprint density at radius 1 is 1.08 bits per heavy atom. The molecule has 4 aromatic rings. The monoisotopic (exact) mass is 342 g/mol. The number of rotatable bonds is 2. The van der Waals surface area contributed by atoms with Crippen LogP contribution in [0.5, 0.6) is 0 Å². The standard InChI is InChI=1S/C20H14N4O2/c25-19(12-6-2-1-3-7-12)22-15-13-8-4-5-9-14(13)16-17(15)24-11-10-21-18(24)20(26)23-16/h1-11,15H,(H,22,25)(H,23,26). The van der Waals surface area contributed by atoms with E-state index in [0.717, 1.165) is 22.5 Å². The van der Waals surface area contributed by atoms with Gasteiger partial charge in [-0.15, -0.1) is 0 Å². The van der Waals surface area contributed by atoms with Gasteiger partial charge in [0.05, 0.1) is 17.4 Å². The van der Waals surface area contributed by atoms with Crippen LogP contribution in [0.15, 0.2) is 71.8 Å². The van der Waals surface area contributed by atoms with Gasteiger partial charge in [0, 0.05) is 23.5 Å². The average molecular weight is 342 g/mol. The Balaban J connectivity index is 1.70. The molecule has 5 rings (SSSR count). The molecule has 26 heavy (non-hydrogen) atoms. The van der Waals surface area contributed by atoms with Crippen molar-refractivity contribution >= 4 is 11.6 Å². The van der Waals surface area contributed by atoms with E-state index in [9.17, 15) is 9.59 Å². The molecule has 6 heteroatoms. The van der Waals surface area contributed by atoms with Crippen LogP contribution in [0.25, 0.3) is 16.9 Å². The van der Waals surface area contributed by atoms with Crippen molar-refractivity contribution in [3.05, 3.63) is 94.2 Å². The lowest BCUT2D eigenvalue weighted by Gasteiger charge is -2.17. The fraction of sp³-hybridized carbons (Fsp3) is 0.0500. The topological polar surface area (TPSA) is 79.3 Å². The maximum absolute atomic E-state index is 12.8. The lowest BCUT2D eigenvalue weighted by Crippen LogP contribution is -2.29. The maximum atomic E-state index is 12.8. The normalized spacial score (nSPS) is 14.8. The number of benzene rings is 2. The number of fused-ring (bicyclic) bond motifs is 5. The number of nitrogens with zero attached hydrogens (tertiary/aromatic N) is 2. The summed E-state index contributed by atoms with van der Waals surface area (Å²) in [5.41, 5.74) is 4.04. The van der Waals surface area contributed by atoms with Gasteiger partial charge in [0.1, 0.15) is 0 Å². The number of carbonyl (C=O) groups excluding carboxylic acids is 1. The van der Waals surface area contributed by atoms with Crippen molar-refractivity contribution in [2.45, 2.75) is 6.04 Å². The van der Waals surface area contributed by atoms with Crippen LogP contribution >= 0.6 is 0 Å². The van der Waals surface area contributed by atoms with E-state index in [1.807, 2.05) is 42.5 Å². The van der Waals surface area contributed by atoms with Crippen molar-refractivity contribution in [1.29, 1.82) is 0 Å². The summed E-state index contributed by atoms with van der Waals surface area (Å²) in [5.74, 6) is -0.169. The molecule has 2 N–H and O–H groups in total. The molecule has 0 fully saturated rings. The highest BCUT2D eigenvalue weighted by Gasteiger charge is 2.33. The lowest BCUT2D eigenvalue weighted by atomic mass is 10.1. The first-order chi connectivity index (χ1) is 12.7. The number of amides is 1. The van der Waals surface area contributed by atoms with E-state index in [2.05, 4.69) is 15.3 Å². The van der Waals surface area contributed by atoms with E-state index < -0.39 is 0 Å². The van der Waals surface area contributed by atoms with Crippen LogP contribution in [0, 0.1) is 0 Å². The molecule has 0 spiro atoms. The number of hydrogen-bond donors (Lipinski definition) is 2. The molecule has 6 nitrogen and oxygen atoms in total. The van der Waals surface area contributed by atoms with Crippen LogP contribution < -0.4 is 10.9 Å². The predicted molar refractivity (Wildman–Crippen MR) is 97.0 cm³/mol. The Morgan fingerprint density at radius 2 is 1.85 bits per heavy atom. The van der Waals surface area contributed by atoms with Crippen LogP contribution in [0.1, 0.15) is 27.7 Å². The number of imidazole rings is 1. The van der Waals surface area contributed by atoms with Gasteiger partial charge in [0.25, 0.3) is 11.5 Å². The summed E-state index contributed by atoms with van der Waals surface area (Å²) in [4.78, 5) is 32.1. The van der Waals surface area contributed by atoms with Gasteiger partial charge in [-0.1, -0.05) is 42.5 Å². The minimum Gasteiger partial charge on any atom is -0.339 e. The second-order valence-corrected chi connectivity index (χ2v) is 6.19. The molecular weight excluding hydrogens is 328 g/mol. The number of hydrogen-bond acceptors (Lipinski definition) is 3. The highest BCUT2D eigenvalue weighted by molar-refractivity contribution is 5.95.